The van der Waals surface area contributed by atoms with Crippen molar-refractivity contribution in [2.24, 2.45) is 5.92 Å². The number of halogens is 2. The van der Waals surface area contributed by atoms with Gasteiger partial charge in [-0.2, -0.15) is 0 Å². The fourth-order valence-electron chi connectivity index (χ4n) is 4.14. The van der Waals surface area contributed by atoms with E-state index in [1.807, 2.05) is 11.8 Å². The van der Waals surface area contributed by atoms with E-state index in [1.54, 1.807) is 24.3 Å². The molecule has 2 N–H and O–H groups in total. The third-order valence-electron chi connectivity index (χ3n) is 6.18. The van der Waals surface area contributed by atoms with Crippen molar-refractivity contribution in [1.29, 1.82) is 0 Å². The number of aromatic nitrogens is 2. The molecule has 1 amide bonds. The predicted octanol–water partition coefficient (Wildman–Crippen LogP) is 4.70. The highest BCUT2D eigenvalue weighted by Crippen LogP contribution is 2.36. The molecule has 1 aromatic heterocycles. The summed E-state index contributed by atoms with van der Waals surface area (Å²) in [6, 6.07) is 7.80. The molecule has 1 saturated heterocycles. The van der Waals surface area contributed by atoms with Gasteiger partial charge in [-0.05, 0) is 49.9 Å². The first kappa shape index (κ1) is 25.9. The van der Waals surface area contributed by atoms with Crippen LogP contribution in [-0.4, -0.2) is 59.1 Å². The molecular formula is C27H27ClFN5O4. The lowest BCUT2D eigenvalue weighted by Crippen LogP contribution is -2.44. The standard InChI is InChI=1S/C27H27ClFN5O4/c1-16-12-34(13-26(36)38-16)8-2-3-25(35)33-23-10-19-22(11-24(23)37-14-17-4-5-17)30-15-31-27(19)32-18-6-7-21(29)20(28)9-18/h2-3,6-7,9-11,15-17H,4-5,8,12-14H2,1H3,(H,33,35)(H,30,31,32)/b3-2+/t16-/m1/s1. The Morgan fingerprint density at radius 2 is 2.13 bits per heavy atom. The Hall–Kier alpha value is -3.76. The van der Waals surface area contributed by atoms with E-state index < -0.39 is 5.82 Å². The van der Waals surface area contributed by atoms with Gasteiger partial charge in [-0.1, -0.05) is 17.7 Å². The first-order valence-corrected chi connectivity index (χ1v) is 12.7. The number of anilines is 3. The molecule has 1 atom stereocenters. The molecule has 1 aliphatic heterocycles. The van der Waals surface area contributed by atoms with Crippen molar-refractivity contribution < 1.29 is 23.5 Å². The van der Waals surface area contributed by atoms with Crippen LogP contribution in [0.3, 0.4) is 0 Å². The Balaban J connectivity index is 1.36. The van der Waals surface area contributed by atoms with Crippen LogP contribution in [0.15, 0.2) is 48.8 Å². The summed E-state index contributed by atoms with van der Waals surface area (Å²) in [5, 5.41) is 6.65. The fourth-order valence-corrected chi connectivity index (χ4v) is 4.32. The summed E-state index contributed by atoms with van der Waals surface area (Å²) in [5.74, 6) is 0.347. The van der Waals surface area contributed by atoms with E-state index in [4.69, 9.17) is 21.1 Å². The summed E-state index contributed by atoms with van der Waals surface area (Å²) in [5.41, 5.74) is 1.63. The Kier molecular flexibility index (Phi) is 7.71. The summed E-state index contributed by atoms with van der Waals surface area (Å²) in [6.45, 7) is 3.63. The molecule has 0 spiro atoms. The van der Waals surface area contributed by atoms with Crippen LogP contribution in [0.4, 0.5) is 21.6 Å². The minimum absolute atomic E-state index is 0.0141. The van der Waals surface area contributed by atoms with Crippen LogP contribution in [0.5, 0.6) is 5.75 Å². The second kappa shape index (κ2) is 11.3. The summed E-state index contributed by atoms with van der Waals surface area (Å²) >= 11 is 5.93. The van der Waals surface area contributed by atoms with Gasteiger partial charge in [-0.25, -0.2) is 14.4 Å². The number of nitrogens with one attached hydrogen (secondary N) is 2. The minimum atomic E-state index is -0.519. The Labute approximate surface area is 224 Å². The van der Waals surface area contributed by atoms with Crippen LogP contribution >= 0.6 is 11.6 Å². The van der Waals surface area contributed by atoms with E-state index in [0.29, 0.717) is 59.5 Å². The number of hydrogen-bond acceptors (Lipinski definition) is 8. The summed E-state index contributed by atoms with van der Waals surface area (Å²) in [4.78, 5) is 35.1. The zero-order valence-corrected chi connectivity index (χ0v) is 21.5. The molecule has 198 valence electrons. The van der Waals surface area contributed by atoms with E-state index in [9.17, 15) is 14.0 Å². The quantitative estimate of drug-likeness (QED) is 0.298. The van der Waals surface area contributed by atoms with Gasteiger partial charge in [0.05, 0.1) is 29.4 Å². The van der Waals surface area contributed by atoms with Crippen LogP contribution in [-0.2, 0) is 14.3 Å². The minimum Gasteiger partial charge on any atom is -0.491 e. The van der Waals surface area contributed by atoms with Gasteiger partial charge in [-0.15, -0.1) is 0 Å². The first-order valence-electron chi connectivity index (χ1n) is 12.4. The third kappa shape index (κ3) is 6.56. The molecule has 0 unspecified atom stereocenters. The second-order valence-corrected chi connectivity index (χ2v) is 9.89. The number of esters is 1. The average Bonchev–Trinajstić information content (AvgIpc) is 3.69. The van der Waals surface area contributed by atoms with E-state index >= 15 is 0 Å². The van der Waals surface area contributed by atoms with Gasteiger partial charge in [0, 0.05) is 36.3 Å². The smallest absolute Gasteiger partial charge is 0.320 e. The number of fused-ring (bicyclic) bond motifs is 1. The van der Waals surface area contributed by atoms with E-state index in [0.717, 1.165) is 12.8 Å². The van der Waals surface area contributed by atoms with Gasteiger partial charge < -0.3 is 20.1 Å². The van der Waals surface area contributed by atoms with Crippen molar-refractivity contribution in [2.75, 3.05) is 36.9 Å². The second-order valence-electron chi connectivity index (χ2n) is 9.48. The normalized spacial score (nSPS) is 18.0. The molecule has 2 aromatic carbocycles. The van der Waals surface area contributed by atoms with Crippen molar-refractivity contribution in [3.05, 3.63) is 59.7 Å². The maximum Gasteiger partial charge on any atom is 0.320 e. The van der Waals surface area contributed by atoms with Crippen LogP contribution in [0, 0.1) is 11.7 Å². The number of carbonyl (C=O) groups excluding carboxylic acids is 2. The Morgan fingerprint density at radius 1 is 1.29 bits per heavy atom. The molecule has 2 heterocycles. The topological polar surface area (TPSA) is 106 Å². The fraction of sp³-hybridized carbons (Fsp3) is 0.333. The van der Waals surface area contributed by atoms with Crippen LogP contribution in [0.2, 0.25) is 5.02 Å². The first-order chi connectivity index (χ1) is 18.3. The zero-order valence-electron chi connectivity index (χ0n) is 20.7. The maximum atomic E-state index is 13.6. The van der Waals surface area contributed by atoms with Gasteiger partial charge >= 0.3 is 5.97 Å². The number of hydrogen-bond donors (Lipinski definition) is 2. The highest BCUT2D eigenvalue weighted by molar-refractivity contribution is 6.31. The van der Waals surface area contributed by atoms with Crippen molar-refractivity contribution >= 4 is 51.6 Å². The largest absolute Gasteiger partial charge is 0.491 e. The molecule has 2 aliphatic rings. The molecule has 9 nitrogen and oxygen atoms in total. The van der Waals surface area contributed by atoms with Gasteiger partial charge in [0.2, 0.25) is 5.91 Å². The average molecular weight is 540 g/mol. The number of benzene rings is 2. The van der Waals surface area contributed by atoms with Crippen LogP contribution in [0.25, 0.3) is 10.9 Å². The predicted molar refractivity (Wildman–Crippen MR) is 142 cm³/mol. The van der Waals surface area contributed by atoms with Crippen molar-refractivity contribution in [1.82, 2.24) is 14.9 Å². The van der Waals surface area contributed by atoms with Gasteiger partial charge in [0.1, 0.15) is 29.8 Å². The highest BCUT2D eigenvalue weighted by atomic mass is 35.5. The lowest BCUT2D eigenvalue weighted by Gasteiger charge is -2.29. The molecule has 38 heavy (non-hydrogen) atoms. The van der Waals surface area contributed by atoms with Crippen LogP contribution in [0.1, 0.15) is 19.8 Å². The summed E-state index contributed by atoms with van der Waals surface area (Å²) in [6.07, 6.45) is 6.62. The molecule has 1 aliphatic carbocycles. The molecule has 5 rings (SSSR count). The SMILES string of the molecule is C[C@@H]1CN(C/C=C/C(=O)Nc2cc3c(Nc4ccc(F)c(Cl)c4)ncnc3cc2OCC2CC2)CC(=O)O1. The summed E-state index contributed by atoms with van der Waals surface area (Å²) in [7, 11) is 0. The molecule has 2 fully saturated rings. The number of ether oxygens (including phenoxy) is 2. The van der Waals surface area contributed by atoms with Crippen molar-refractivity contribution in [2.45, 2.75) is 25.9 Å². The lowest BCUT2D eigenvalue weighted by molar-refractivity contribution is -0.156. The molecule has 11 heteroatoms. The lowest BCUT2D eigenvalue weighted by atomic mass is 10.1. The van der Waals surface area contributed by atoms with Crippen LogP contribution < -0.4 is 15.4 Å². The maximum absolute atomic E-state index is 13.6. The summed E-state index contributed by atoms with van der Waals surface area (Å²) < 4.78 is 24.8. The van der Waals surface area contributed by atoms with E-state index in [1.165, 1.54) is 24.5 Å². The molecule has 1 saturated carbocycles. The van der Waals surface area contributed by atoms with Gasteiger partial charge in [0.15, 0.2) is 0 Å². The molecule has 0 radical (unpaired) electrons. The van der Waals surface area contributed by atoms with Gasteiger partial charge in [0.25, 0.3) is 0 Å². The number of carbonyl (C=O) groups is 2. The molecule has 3 aromatic rings. The monoisotopic (exact) mass is 539 g/mol. The van der Waals surface area contributed by atoms with E-state index in [2.05, 4.69) is 20.6 Å². The number of cyclic esters (lactones) is 1. The van der Waals surface area contributed by atoms with E-state index in [-0.39, 0.29) is 29.5 Å². The molecule has 0 bridgehead atoms. The molecular weight excluding hydrogens is 513 g/mol. The third-order valence-corrected chi connectivity index (χ3v) is 6.47. The van der Waals surface area contributed by atoms with Gasteiger partial charge in [-0.3, -0.25) is 14.5 Å². The van der Waals surface area contributed by atoms with Crippen molar-refractivity contribution in [3.63, 3.8) is 0 Å². The number of nitrogens with zero attached hydrogens (tertiary/aromatic N) is 3. The Morgan fingerprint density at radius 3 is 2.89 bits per heavy atom. The Bertz CT molecular complexity index is 1400. The number of rotatable bonds is 9. The zero-order chi connectivity index (χ0) is 26.6. The van der Waals surface area contributed by atoms with Crippen molar-refractivity contribution in [3.8, 4) is 5.75 Å². The highest BCUT2D eigenvalue weighted by Gasteiger charge is 2.24. The number of amides is 1. The number of morpholine rings is 1.